The average molecular weight is 456 g/mol. The molecule has 1 fully saturated rings. The fourth-order valence-corrected chi connectivity index (χ4v) is 4.19. The molecule has 1 saturated heterocycles. The van der Waals surface area contributed by atoms with Crippen LogP contribution in [0.25, 0.3) is 0 Å². The molecule has 1 heterocycles. The first-order chi connectivity index (χ1) is 14.2. The third-order valence-electron chi connectivity index (χ3n) is 4.27. The number of para-hydroxylation sites is 1. The largest absolute Gasteiger partial charge is 0.417 e. The molecule has 3 rings (SSSR count). The molecule has 30 heavy (non-hydrogen) atoms. The molecule has 1 aliphatic rings. The van der Waals surface area contributed by atoms with E-state index in [-0.39, 0.29) is 35.6 Å². The first-order valence-corrected chi connectivity index (χ1v) is 10.2. The molecule has 1 aliphatic heterocycles. The van der Waals surface area contributed by atoms with E-state index in [4.69, 9.17) is 11.6 Å². The highest BCUT2D eigenvalue weighted by molar-refractivity contribution is 8.15. The van der Waals surface area contributed by atoms with E-state index in [1.807, 2.05) is 0 Å². The molecule has 0 radical (unpaired) electrons. The van der Waals surface area contributed by atoms with Gasteiger partial charge in [-0.3, -0.25) is 14.5 Å². The highest BCUT2D eigenvalue weighted by Crippen LogP contribution is 2.37. The summed E-state index contributed by atoms with van der Waals surface area (Å²) in [6, 6.07) is 12.0. The number of anilines is 1. The number of thioether (sulfide) groups is 1. The van der Waals surface area contributed by atoms with Crippen LogP contribution in [0.3, 0.4) is 0 Å². The van der Waals surface area contributed by atoms with E-state index in [1.54, 1.807) is 37.3 Å². The van der Waals surface area contributed by atoms with Crippen LogP contribution in [-0.2, 0) is 15.8 Å². The zero-order valence-electron chi connectivity index (χ0n) is 15.7. The smallest absolute Gasteiger partial charge is 0.325 e. The van der Waals surface area contributed by atoms with Crippen molar-refractivity contribution in [3.8, 4) is 0 Å². The van der Waals surface area contributed by atoms with Crippen molar-refractivity contribution in [1.29, 1.82) is 0 Å². The summed E-state index contributed by atoms with van der Waals surface area (Å²) in [4.78, 5) is 30.7. The molecule has 0 aliphatic carbocycles. The fourth-order valence-electron chi connectivity index (χ4n) is 2.81. The molecule has 0 spiro atoms. The van der Waals surface area contributed by atoms with Crippen LogP contribution < -0.4 is 5.32 Å². The molecule has 2 amide bonds. The number of aliphatic imine (C=N–C) groups is 1. The van der Waals surface area contributed by atoms with Crippen molar-refractivity contribution < 1.29 is 22.8 Å². The van der Waals surface area contributed by atoms with Crippen molar-refractivity contribution in [2.45, 2.75) is 24.8 Å². The quantitative estimate of drug-likeness (QED) is 0.677. The maximum absolute atomic E-state index is 13.1. The molecule has 10 heteroatoms. The van der Waals surface area contributed by atoms with E-state index in [2.05, 4.69) is 10.3 Å². The number of nitrogens with one attached hydrogen (secondary N) is 1. The number of nitrogens with zero attached hydrogens (tertiary/aromatic N) is 2. The van der Waals surface area contributed by atoms with Crippen LogP contribution in [0, 0.1) is 0 Å². The van der Waals surface area contributed by atoms with Gasteiger partial charge in [-0.05, 0) is 37.3 Å². The lowest BCUT2D eigenvalue weighted by atomic mass is 10.2. The van der Waals surface area contributed by atoms with E-state index in [9.17, 15) is 22.8 Å². The standard InChI is InChI=1S/C20H17ClF3N3O2S/c1-2-27-17(28)11-16(18(29)25-12-6-4-3-5-7-12)30-19(27)26-13-8-9-15(21)14(10-13)20(22,23)24/h3-10,16H,2,11H2,1H3,(H,25,29)/t16-/m0/s1. The number of amides is 2. The van der Waals surface area contributed by atoms with Gasteiger partial charge in [0.25, 0.3) is 0 Å². The van der Waals surface area contributed by atoms with Crippen LogP contribution >= 0.6 is 23.4 Å². The summed E-state index contributed by atoms with van der Waals surface area (Å²) in [5, 5.41) is 1.70. The van der Waals surface area contributed by atoms with Crippen LogP contribution in [0.5, 0.6) is 0 Å². The van der Waals surface area contributed by atoms with Crippen molar-refractivity contribution in [2.75, 3.05) is 11.9 Å². The van der Waals surface area contributed by atoms with Crippen molar-refractivity contribution in [1.82, 2.24) is 4.90 Å². The van der Waals surface area contributed by atoms with Gasteiger partial charge in [-0.15, -0.1) is 0 Å². The molecular weight excluding hydrogens is 439 g/mol. The van der Waals surface area contributed by atoms with E-state index in [0.29, 0.717) is 5.69 Å². The number of hydrogen-bond acceptors (Lipinski definition) is 4. The van der Waals surface area contributed by atoms with E-state index in [0.717, 1.165) is 23.9 Å². The van der Waals surface area contributed by atoms with Crippen molar-refractivity contribution in [2.24, 2.45) is 4.99 Å². The molecular formula is C20H17ClF3N3O2S. The number of rotatable bonds is 4. The number of halogens is 4. The summed E-state index contributed by atoms with van der Waals surface area (Å²) in [5.41, 5.74) is -0.441. The van der Waals surface area contributed by atoms with Crippen LogP contribution in [0.4, 0.5) is 24.5 Å². The van der Waals surface area contributed by atoms with Gasteiger partial charge in [0.15, 0.2) is 5.17 Å². The number of hydrogen-bond donors (Lipinski definition) is 1. The summed E-state index contributed by atoms with van der Waals surface area (Å²) in [6.45, 7) is 2.00. The van der Waals surface area contributed by atoms with E-state index in [1.165, 1.54) is 11.0 Å². The predicted molar refractivity (Wildman–Crippen MR) is 112 cm³/mol. The van der Waals surface area contributed by atoms with Gasteiger partial charge in [0, 0.05) is 18.7 Å². The topological polar surface area (TPSA) is 61.8 Å². The van der Waals surface area contributed by atoms with E-state index >= 15 is 0 Å². The fraction of sp³-hybridized carbons (Fsp3) is 0.250. The Bertz CT molecular complexity index is 983. The average Bonchev–Trinajstić information content (AvgIpc) is 2.69. The van der Waals surface area contributed by atoms with Crippen molar-refractivity contribution >= 4 is 51.7 Å². The molecule has 158 valence electrons. The molecule has 0 bridgehead atoms. The first kappa shape index (κ1) is 22.2. The van der Waals surface area contributed by atoms with Gasteiger partial charge in [-0.1, -0.05) is 41.6 Å². The van der Waals surface area contributed by atoms with Crippen LogP contribution in [0.15, 0.2) is 53.5 Å². The zero-order valence-corrected chi connectivity index (χ0v) is 17.3. The summed E-state index contributed by atoms with van der Waals surface area (Å²) in [5.74, 6) is -0.705. The number of amidine groups is 1. The third kappa shape index (κ3) is 5.14. The lowest BCUT2D eigenvalue weighted by Crippen LogP contribution is -2.45. The first-order valence-electron chi connectivity index (χ1n) is 8.97. The van der Waals surface area contributed by atoms with Gasteiger partial charge in [-0.25, -0.2) is 4.99 Å². The number of carbonyl (C=O) groups is 2. The Balaban J connectivity index is 1.88. The monoisotopic (exact) mass is 455 g/mol. The molecule has 1 N–H and O–H groups in total. The van der Waals surface area contributed by atoms with Gasteiger partial charge in [0.05, 0.1) is 16.3 Å². The van der Waals surface area contributed by atoms with Crippen LogP contribution in [0.2, 0.25) is 5.02 Å². The summed E-state index contributed by atoms with van der Waals surface area (Å²) in [7, 11) is 0. The molecule has 0 saturated carbocycles. The highest BCUT2D eigenvalue weighted by Gasteiger charge is 2.36. The second kappa shape index (κ2) is 9.09. The minimum Gasteiger partial charge on any atom is -0.325 e. The summed E-state index contributed by atoms with van der Waals surface area (Å²) in [6.07, 6.45) is -4.67. The normalized spacial score (nSPS) is 18.6. The molecule has 2 aromatic carbocycles. The third-order valence-corrected chi connectivity index (χ3v) is 5.79. The maximum atomic E-state index is 13.1. The zero-order chi connectivity index (χ0) is 21.9. The molecule has 5 nitrogen and oxygen atoms in total. The van der Waals surface area contributed by atoms with Crippen molar-refractivity contribution in [3.63, 3.8) is 0 Å². The van der Waals surface area contributed by atoms with Crippen LogP contribution in [-0.4, -0.2) is 33.7 Å². The molecule has 2 aromatic rings. The number of alkyl halides is 3. The summed E-state index contributed by atoms with van der Waals surface area (Å²) >= 11 is 6.69. The van der Waals surface area contributed by atoms with Gasteiger partial charge >= 0.3 is 6.18 Å². The Labute approximate surface area is 180 Å². The lowest BCUT2D eigenvalue weighted by Gasteiger charge is -2.31. The Kier molecular flexibility index (Phi) is 6.72. The highest BCUT2D eigenvalue weighted by atomic mass is 35.5. The van der Waals surface area contributed by atoms with E-state index < -0.39 is 22.0 Å². The maximum Gasteiger partial charge on any atom is 0.417 e. The Morgan fingerprint density at radius 2 is 1.97 bits per heavy atom. The lowest BCUT2D eigenvalue weighted by molar-refractivity contribution is -0.137. The van der Waals surface area contributed by atoms with Gasteiger partial charge in [0.2, 0.25) is 11.8 Å². The second-order valence-corrected chi connectivity index (χ2v) is 7.94. The number of benzene rings is 2. The number of carbonyl (C=O) groups excluding carboxylic acids is 2. The van der Waals surface area contributed by atoms with Gasteiger partial charge < -0.3 is 5.32 Å². The Morgan fingerprint density at radius 1 is 1.27 bits per heavy atom. The Morgan fingerprint density at radius 3 is 2.60 bits per heavy atom. The minimum absolute atomic E-state index is 0.00964. The van der Waals surface area contributed by atoms with Crippen molar-refractivity contribution in [3.05, 3.63) is 59.1 Å². The Hall–Kier alpha value is -2.52. The SMILES string of the molecule is CCN1C(=O)C[C@@H](C(=O)Nc2ccccc2)SC1=Nc1ccc(Cl)c(C(F)(F)F)c1. The van der Waals surface area contributed by atoms with Gasteiger partial charge in [-0.2, -0.15) is 13.2 Å². The molecule has 1 atom stereocenters. The minimum atomic E-state index is -4.63. The predicted octanol–water partition coefficient (Wildman–Crippen LogP) is 5.34. The molecule has 0 aromatic heterocycles. The van der Waals surface area contributed by atoms with Gasteiger partial charge in [0.1, 0.15) is 5.25 Å². The molecule has 0 unspecified atom stereocenters. The van der Waals surface area contributed by atoms with Crippen LogP contribution in [0.1, 0.15) is 18.9 Å². The summed E-state index contributed by atoms with van der Waals surface area (Å²) < 4.78 is 39.4. The second-order valence-electron chi connectivity index (χ2n) is 6.36.